The molecule has 50 heavy (non-hydrogen) atoms. The SMILES string of the molecule is O=CCOCCOCCNC(=O)COCCOCCNC(=O)CC[C@@H](NC(=O)CCCCCCCCCCCCCCCCC(=O)O)C(=O)O. The van der Waals surface area contributed by atoms with Crippen molar-refractivity contribution in [2.75, 3.05) is 65.9 Å². The van der Waals surface area contributed by atoms with Gasteiger partial charge in [0.15, 0.2) is 0 Å². The number of aliphatic carboxylic acids is 2. The Hall–Kier alpha value is -3.14. The van der Waals surface area contributed by atoms with Crippen LogP contribution in [0.25, 0.3) is 0 Å². The maximum Gasteiger partial charge on any atom is 0.326 e. The molecule has 15 heteroatoms. The Labute approximate surface area is 297 Å². The van der Waals surface area contributed by atoms with Crippen LogP contribution in [0.3, 0.4) is 0 Å². The molecule has 0 aliphatic rings. The van der Waals surface area contributed by atoms with Crippen molar-refractivity contribution in [2.24, 2.45) is 0 Å². The summed E-state index contributed by atoms with van der Waals surface area (Å²) in [5.74, 6) is -2.85. The highest BCUT2D eigenvalue weighted by atomic mass is 16.5. The number of unbranched alkanes of at least 4 members (excludes halogenated alkanes) is 13. The zero-order valence-electron chi connectivity index (χ0n) is 29.9. The van der Waals surface area contributed by atoms with E-state index in [9.17, 15) is 33.9 Å². The number of hydrogen-bond donors (Lipinski definition) is 5. The maximum atomic E-state index is 12.3. The number of ether oxygens (including phenoxy) is 4. The van der Waals surface area contributed by atoms with E-state index >= 15 is 0 Å². The van der Waals surface area contributed by atoms with E-state index in [1.807, 2.05) is 0 Å². The second kappa shape index (κ2) is 35.7. The lowest BCUT2D eigenvalue weighted by Crippen LogP contribution is -2.41. The maximum absolute atomic E-state index is 12.3. The lowest BCUT2D eigenvalue weighted by atomic mass is 10.0. The van der Waals surface area contributed by atoms with Crippen molar-refractivity contribution in [1.29, 1.82) is 0 Å². The van der Waals surface area contributed by atoms with Crippen LogP contribution in [-0.4, -0.2) is 118 Å². The van der Waals surface area contributed by atoms with Gasteiger partial charge in [-0.3, -0.25) is 19.2 Å². The Morgan fingerprint density at radius 2 is 0.980 bits per heavy atom. The molecule has 15 nitrogen and oxygen atoms in total. The minimum atomic E-state index is -1.18. The number of rotatable bonds is 38. The van der Waals surface area contributed by atoms with Crippen LogP contribution in [0.4, 0.5) is 0 Å². The van der Waals surface area contributed by atoms with Crippen LogP contribution in [0.15, 0.2) is 0 Å². The first kappa shape index (κ1) is 46.9. The van der Waals surface area contributed by atoms with Crippen LogP contribution in [0.5, 0.6) is 0 Å². The number of aldehydes is 1. The van der Waals surface area contributed by atoms with Crippen molar-refractivity contribution in [3.05, 3.63) is 0 Å². The largest absolute Gasteiger partial charge is 0.481 e. The van der Waals surface area contributed by atoms with Gasteiger partial charge in [-0.05, 0) is 19.3 Å². The van der Waals surface area contributed by atoms with Crippen molar-refractivity contribution in [3.8, 4) is 0 Å². The summed E-state index contributed by atoms with van der Waals surface area (Å²) in [7, 11) is 0. The lowest BCUT2D eigenvalue weighted by molar-refractivity contribution is -0.142. The standard InChI is InChI=1S/C35H63N3O12/c39-21-24-49-26-25-47-23-20-37-33(42)29-50-28-27-48-22-19-36-31(40)18-17-30(35(45)46)38-32(41)15-13-11-9-7-5-3-1-2-4-6-8-10-12-14-16-34(43)44/h21,30H,1-20,22-29H2,(H,36,40)(H,37,42)(H,38,41)(H,43,44)(H,45,46)/t30-/m1/s1. The molecule has 0 heterocycles. The summed E-state index contributed by atoms with van der Waals surface area (Å²) in [5.41, 5.74) is 0. The molecule has 290 valence electrons. The van der Waals surface area contributed by atoms with Crippen molar-refractivity contribution in [2.45, 2.75) is 122 Å². The van der Waals surface area contributed by atoms with E-state index in [-0.39, 0.29) is 83.0 Å². The number of hydrogen-bond acceptors (Lipinski definition) is 10. The van der Waals surface area contributed by atoms with E-state index in [4.69, 9.17) is 24.1 Å². The lowest BCUT2D eigenvalue weighted by Gasteiger charge is -2.14. The second-order valence-electron chi connectivity index (χ2n) is 12.1. The topological polar surface area (TPSA) is 216 Å². The van der Waals surface area contributed by atoms with E-state index in [1.165, 1.54) is 44.9 Å². The number of amides is 3. The zero-order valence-corrected chi connectivity index (χ0v) is 29.9. The summed E-state index contributed by atoms with van der Waals surface area (Å²) in [6, 6.07) is -1.13. The Morgan fingerprint density at radius 3 is 1.48 bits per heavy atom. The fourth-order valence-electron chi connectivity index (χ4n) is 4.88. The van der Waals surface area contributed by atoms with Gasteiger partial charge in [0, 0.05) is 32.4 Å². The van der Waals surface area contributed by atoms with E-state index in [0.29, 0.717) is 39.1 Å². The summed E-state index contributed by atoms with van der Waals surface area (Å²) >= 11 is 0. The molecule has 0 spiro atoms. The fourth-order valence-corrected chi connectivity index (χ4v) is 4.88. The minimum Gasteiger partial charge on any atom is -0.481 e. The van der Waals surface area contributed by atoms with Crippen molar-refractivity contribution in [1.82, 2.24) is 16.0 Å². The van der Waals surface area contributed by atoms with Crippen molar-refractivity contribution < 1.29 is 57.9 Å². The van der Waals surface area contributed by atoms with Crippen molar-refractivity contribution in [3.63, 3.8) is 0 Å². The number of carbonyl (C=O) groups excluding carboxylic acids is 4. The van der Waals surface area contributed by atoms with Gasteiger partial charge in [-0.1, -0.05) is 77.0 Å². The molecule has 0 radical (unpaired) electrons. The molecule has 5 N–H and O–H groups in total. The van der Waals surface area contributed by atoms with Crippen LogP contribution in [0, 0.1) is 0 Å². The van der Waals surface area contributed by atoms with Crippen LogP contribution < -0.4 is 16.0 Å². The van der Waals surface area contributed by atoms with E-state index < -0.39 is 18.0 Å². The van der Waals surface area contributed by atoms with E-state index in [2.05, 4.69) is 16.0 Å². The zero-order chi connectivity index (χ0) is 36.9. The second-order valence-corrected chi connectivity index (χ2v) is 12.1. The summed E-state index contributed by atoms with van der Waals surface area (Å²) in [4.78, 5) is 68.2. The smallest absolute Gasteiger partial charge is 0.326 e. The average Bonchev–Trinajstić information content (AvgIpc) is 3.08. The number of carbonyl (C=O) groups is 6. The molecule has 0 aliphatic heterocycles. The number of carboxylic acid groups (broad SMARTS) is 2. The van der Waals surface area contributed by atoms with Crippen LogP contribution in [0.2, 0.25) is 0 Å². The highest BCUT2D eigenvalue weighted by Gasteiger charge is 2.20. The van der Waals surface area contributed by atoms with Gasteiger partial charge in [0.05, 0.1) is 39.6 Å². The predicted molar refractivity (Wildman–Crippen MR) is 186 cm³/mol. The van der Waals surface area contributed by atoms with Gasteiger partial charge in [-0.25, -0.2) is 4.79 Å². The predicted octanol–water partition coefficient (Wildman–Crippen LogP) is 3.16. The minimum absolute atomic E-state index is 0.0155. The van der Waals surface area contributed by atoms with Gasteiger partial charge in [-0.15, -0.1) is 0 Å². The first-order valence-corrected chi connectivity index (χ1v) is 18.3. The van der Waals surface area contributed by atoms with E-state index in [1.54, 1.807) is 0 Å². The third kappa shape index (κ3) is 34.7. The van der Waals surface area contributed by atoms with Crippen LogP contribution in [-0.2, 0) is 47.7 Å². The van der Waals surface area contributed by atoms with Gasteiger partial charge < -0.3 is 49.9 Å². The highest BCUT2D eigenvalue weighted by Crippen LogP contribution is 2.14. The molecule has 3 amide bonds. The molecule has 0 aromatic rings. The summed E-state index contributed by atoms with van der Waals surface area (Å²) in [6.45, 7) is 2.01. The molecular weight excluding hydrogens is 654 g/mol. The highest BCUT2D eigenvalue weighted by molar-refractivity contribution is 5.84. The third-order valence-corrected chi connectivity index (χ3v) is 7.64. The summed E-state index contributed by atoms with van der Waals surface area (Å²) < 4.78 is 20.7. The molecule has 0 saturated heterocycles. The summed E-state index contributed by atoms with van der Waals surface area (Å²) in [6.07, 6.45) is 16.3. The molecule has 0 rings (SSSR count). The molecule has 1 atom stereocenters. The molecule has 0 aliphatic carbocycles. The fraction of sp³-hybridized carbons (Fsp3) is 0.829. The summed E-state index contributed by atoms with van der Waals surface area (Å²) in [5, 5.41) is 25.9. The molecule has 0 unspecified atom stereocenters. The molecule has 0 aromatic carbocycles. The first-order chi connectivity index (χ1) is 24.3. The normalized spacial score (nSPS) is 11.5. The molecule has 0 bridgehead atoms. The van der Waals surface area contributed by atoms with E-state index in [0.717, 1.165) is 38.5 Å². The Morgan fingerprint density at radius 1 is 0.520 bits per heavy atom. The van der Waals surface area contributed by atoms with Gasteiger partial charge in [0.2, 0.25) is 17.7 Å². The monoisotopic (exact) mass is 717 g/mol. The average molecular weight is 718 g/mol. The quantitative estimate of drug-likeness (QED) is 0.0460. The Balaban J connectivity index is 3.66. The Kier molecular flexibility index (Phi) is 33.4. The molecular formula is C35H63N3O12. The van der Waals surface area contributed by atoms with Gasteiger partial charge in [-0.2, -0.15) is 0 Å². The molecule has 0 saturated carbocycles. The van der Waals surface area contributed by atoms with Crippen LogP contribution in [0.1, 0.15) is 116 Å². The van der Waals surface area contributed by atoms with Gasteiger partial charge >= 0.3 is 11.9 Å². The number of carboxylic acids is 2. The van der Waals surface area contributed by atoms with Crippen molar-refractivity contribution >= 4 is 35.9 Å². The molecule has 0 aromatic heterocycles. The van der Waals surface area contributed by atoms with Crippen LogP contribution >= 0.6 is 0 Å². The third-order valence-electron chi connectivity index (χ3n) is 7.64. The Bertz CT molecular complexity index is 906. The number of nitrogens with one attached hydrogen (secondary N) is 3. The molecule has 0 fully saturated rings. The van der Waals surface area contributed by atoms with Gasteiger partial charge in [0.25, 0.3) is 0 Å². The van der Waals surface area contributed by atoms with Gasteiger partial charge in [0.1, 0.15) is 25.5 Å². The first-order valence-electron chi connectivity index (χ1n) is 18.3.